The summed E-state index contributed by atoms with van der Waals surface area (Å²) in [6.07, 6.45) is 0.575. The molecule has 1 unspecified atom stereocenters. The molecule has 0 saturated heterocycles. The van der Waals surface area contributed by atoms with Crippen LogP contribution in [0.2, 0.25) is 0 Å². The Morgan fingerprint density at radius 3 is 2.68 bits per heavy atom. The summed E-state index contributed by atoms with van der Waals surface area (Å²) < 4.78 is 5.25. The zero-order chi connectivity index (χ0) is 18.6. The number of hydrogen-bond acceptors (Lipinski definition) is 3. The van der Waals surface area contributed by atoms with Crippen LogP contribution in [0.15, 0.2) is 18.2 Å². The first-order chi connectivity index (χ1) is 11.7. The number of nitrogens with one attached hydrogen (secondary N) is 2. The predicted molar refractivity (Wildman–Crippen MR) is 102 cm³/mol. The molecular weight excluding hydrogens is 338 g/mol. The minimum absolute atomic E-state index is 0.220. The molecule has 1 aromatic carbocycles. The zero-order valence-electron chi connectivity index (χ0n) is 15.6. The van der Waals surface area contributed by atoms with Crippen molar-refractivity contribution in [2.45, 2.75) is 59.1 Å². The first kappa shape index (κ1) is 19.6. The average molecular weight is 366 g/mol. The van der Waals surface area contributed by atoms with Gasteiger partial charge in [-0.1, -0.05) is 19.9 Å². The van der Waals surface area contributed by atoms with Gasteiger partial charge in [-0.15, -0.1) is 11.6 Å². The summed E-state index contributed by atoms with van der Waals surface area (Å²) in [4.78, 5) is 19.8. The number of carbonyl (C=O) groups excluding carboxylic acids is 1. The number of alkyl halides is 1. The van der Waals surface area contributed by atoms with E-state index < -0.39 is 11.7 Å². The van der Waals surface area contributed by atoms with Crippen LogP contribution >= 0.6 is 11.6 Å². The van der Waals surface area contributed by atoms with Crippen molar-refractivity contribution in [1.82, 2.24) is 15.3 Å². The number of halogens is 1. The fraction of sp³-hybridized carbons (Fsp3) is 0.579. The van der Waals surface area contributed by atoms with E-state index in [9.17, 15) is 4.79 Å². The topological polar surface area (TPSA) is 67.0 Å². The quantitative estimate of drug-likeness (QED) is 0.711. The first-order valence-electron chi connectivity index (χ1n) is 8.69. The maximum absolute atomic E-state index is 11.8. The van der Waals surface area contributed by atoms with E-state index >= 15 is 0 Å². The number of carbonyl (C=O) groups is 1. The summed E-state index contributed by atoms with van der Waals surface area (Å²) in [5.41, 5.74) is 2.34. The average Bonchev–Trinajstić information content (AvgIpc) is 2.91. The van der Waals surface area contributed by atoms with Gasteiger partial charge in [0.1, 0.15) is 11.4 Å². The standard InChI is InChI=1S/C19H28ClN3O2/c1-12(2)8-14(10-20)17-22-15-7-6-13(9-16(15)23-17)11-21-18(24)25-19(3,4)5/h6-7,9,12,14H,8,10-11H2,1-5H3,(H,21,24)(H,22,23). The lowest BCUT2D eigenvalue weighted by atomic mass is 9.98. The van der Waals surface area contributed by atoms with E-state index in [0.29, 0.717) is 18.3 Å². The Labute approximate surface area is 154 Å². The van der Waals surface area contributed by atoms with E-state index in [2.05, 4.69) is 24.1 Å². The van der Waals surface area contributed by atoms with Crippen LogP contribution in [0, 0.1) is 5.92 Å². The summed E-state index contributed by atoms with van der Waals surface area (Å²) in [6, 6.07) is 5.94. The minimum atomic E-state index is -0.502. The van der Waals surface area contributed by atoms with Crippen LogP contribution in [0.5, 0.6) is 0 Å². The number of rotatable bonds is 6. The molecule has 138 valence electrons. The Morgan fingerprint density at radius 1 is 1.36 bits per heavy atom. The molecule has 0 fully saturated rings. The molecule has 0 spiro atoms. The highest BCUT2D eigenvalue weighted by Gasteiger charge is 2.17. The van der Waals surface area contributed by atoms with Crippen LogP contribution in [0.25, 0.3) is 11.0 Å². The van der Waals surface area contributed by atoms with E-state index in [4.69, 9.17) is 21.3 Å². The molecule has 0 aliphatic rings. The number of benzene rings is 1. The molecule has 2 N–H and O–H groups in total. The first-order valence-corrected chi connectivity index (χ1v) is 9.22. The van der Waals surface area contributed by atoms with E-state index in [1.165, 1.54) is 0 Å². The Bertz CT molecular complexity index is 719. The molecule has 0 saturated carbocycles. The maximum Gasteiger partial charge on any atom is 0.407 e. The highest BCUT2D eigenvalue weighted by atomic mass is 35.5. The maximum atomic E-state index is 11.8. The van der Waals surface area contributed by atoms with Gasteiger partial charge in [-0.3, -0.25) is 0 Å². The molecule has 1 aromatic heterocycles. The minimum Gasteiger partial charge on any atom is -0.444 e. The number of aromatic nitrogens is 2. The second-order valence-corrected chi connectivity index (χ2v) is 8.12. The number of H-pyrrole nitrogens is 1. The molecule has 0 radical (unpaired) electrons. The van der Waals surface area contributed by atoms with Crippen LogP contribution < -0.4 is 5.32 Å². The highest BCUT2D eigenvalue weighted by Crippen LogP contribution is 2.25. The van der Waals surface area contributed by atoms with Crippen LogP contribution in [-0.2, 0) is 11.3 Å². The van der Waals surface area contributed by atoms with Gasteiger partial charge < -0.3 is 15.0 Å². The van der Waals surface area contributed by atoms with Gasteiger partial charge in [0.2, 0.25) is 0 Å². The van der Waals surface area contributed by atoms with Crippen molar-refractivity contribution in [2.24, 2.45) is 5.92 Å². The molecule has 2 aromatic rings. The third-order valence-electron chi connectivity index (χ3n) is 3.73. The normalized spacial score (nSPS) is 13.2. The van der Waals surface area contributed by atoms with Crippen molar-refractivity contribution >= 4 is 28.7 Å². The van der Waals surface area contributed by atoms with E-state index in [1.807, 2.05) is 39.0 Å². The molecule has 0 aliphatic heterocycles. The van der Waals surface area contributed by atoms with Crippen LogP contribution in [-0.4, -0.2) is 27.5 Å². The zero-order valence-corrected chi connectivity index (χ0v) is 16.4. The van der Waals surface area contributed by atoms with E-state index in [1.54, 1.807) is 0 Å². The van der Waals surface area contributed by atoms with Gasteiger partial charge in [0, 0.05) is 18.3 Å². The molecular formula is C19H28ClN3O2. The van der Waals surface area contributed by atoms with Gasteiger partial charge >= 0.3 is 6.09 Å². The molecule has 1 atom stereocenters. The number of fused-ring (bicyclic) bond motifs is 1. The lowest BCUT2D eigenvalue weighted by molar-refractivity contribution is 0.0523. The molecule has 0 aliphatic carbocycles. The smallest absolute Gasteiger partial charge is 0.407 e. The molecule has 1 heterocycles. The lowest BCUT2D eigenvalue weighted by Crippen LogP contribution is -2.32. The second kappa shape index (κ2) is 8.09. The number of aromatic amines is 1. The molecule has 0 bridgehead atoms. The van der Waals surface area contributed by atoms with Crippen LogP contribution in [0.3, 0.4) is 0 Å². The molecule has 2 rings (SSSR count). The number of nitrogens with zero attached hydrogens (tertiary/aromatic N) is 1. The van der Waals surface area contributed by atoms with Gasteiger partial charge in [-0.25, -0.2) is 9.78 Å². The Balaban J connectivity index is 2.08. The second-order valence-electron chi connectivity index (χ2n) is 7.81. The third-order valence-corrected chi connectivity index (χ3v) is 4.10. The van der Waals surface area contributed by atoms with Gasteiger partial charge in [0.05, 0.1) is 11.0 Å². The summed E-state index contributed by atoms with van der Waals surface area (Å²) in [7, 11) is 0. The van der Waals surface area contributed by atoms with Crippen molar-refractivity contribution in [2.75, 3.05) is 5.88 Å². The fourth-order valence-electron chi connectivity index (χ4n) is 2.68. The van der Waals surface area contributed by atoms with Crippen molar-refractivity contribution in [3.8, 4) is 0 Å². The van der Waals surface area contributed by atoms with Crippen LogP contribution in [0.4, 0.5) is 4.79 Å². The third kappa shape index (κ3) is 5.92. The van der Waals surface area contributed by atoms with E-state index in [-0.39, 0.29) is 5.92 Å². The molecule has 25 heavy (non-hydrogen) atoms. The van der Waals surface area contributed by atoms with Crippen molar-refractivity contribution < 1.29 is 9.53 Å². The van der Waals surface area contributed by atoms with Gasteiger partial charge in [-0.05, 0) is 50.8 Å². The van der Waals surface area contributed by atoms with Crippen LogP contribution in [0.1, 0.15) is 58.3 Å². The number of ether oxygens (including phenoxy) is 1. The fourth-order valence-corrected chi connectivity index (χ4v) is 2.95. The lowest BCUT2D eigenvalue weighted by Gasteiger charge is -2.19. The van der Waals surface area contributed by atoms with Gasteiger partial charge in [0.15, 0.2) is 0 Å². The Kier molecular flexibility index (Phi) is 6.33. The molecule has 6 heteroatoms. The molecule has 5 nitrogen and oxygen atoms in total. The van der Waals surface area contributed by atoms with Gasteiger partial charge in [-0.2, -0.15) is 0 Å². The monoisotopic (exact) mass is 365 g/mol. The Morgan fingerprint density at radius 2 is 2.08 bits per heavy atom. The van der Waals surface area contributed by atoms with Gasteiger partial charge in [0.25, 0.3) is 0 Å². The highest BCUT2D eigenvalue weighted by molar-refractivity contribution is 6.18. The molecule has 1 amide bonds. The number of imidazole rings is 1. The summed E-state index contributed by atoms with van der Waals surface area (Å²) in [6.45, 7) is 10.3. The van der Waals surface area contributed by atoms with E-state index in [0.717, 1.165) is 28.8 Å². The number of amides is 1. The largest absolute Gasteiger partial charge is 0.444 e. The Hall–Kier alpha value is -1.75. The number of alkyl carbamates (subject to hydrolysis) is 1. The summed E-state index contributed by atoms with van der Waals surface area (Å²) in [5, 5.41) is 2.77. The summed E-state index contributed by atoms with van der Waals surface area (Å²) >= 11 is 6.12. The number of hydrogen-bond donors (Lipinski definition) is 2. The SMILES string of the molecule is CC(C)CC(CCl)c1nc2cc(CNC(=O)OC(C)(C)C)ccc2[nH]1. The summed E-state index contributed by atoms with van der Waals surface area (Å²) in [5.74, 6) is 2.25. The van der Waals surface area contributed by atoms with Crippen molar-refractivity contribution in [1.29, 1.82) is 0 Å². The van der Waals surface area contributed by atoms with Crippen molar-refractivity contribution in [3.63, 3.8) is 0 Å². The van der Waals surface area contributed by atoms with Crippen molar-refractivity contribution in [3.05, 3.63) is 29.6 Å². The predicted octanol–water partition coefficient (Wildman–Crippen LogP) is 4.96.